The number of anilines is 1. The molecule has 0 radical (unpaired) electrons. The number of aromatic nitrogens is 2. The van der Waals surface area contributed by atoms with Crippen molar-refractivity contribution in [1.82, 2.24) is 25.5 Å². The lowest BCUT2D eigenvalue weighted by Crippen LogP contribution is -2.49. The normalized spacial score (nSPS) is 17.8. The van der Waals surface area contributed by atoms with E-state index in [2.05, 4.69) is 25.8 Å². The molecule has 39 heavy (non-hydrogen) atoms. The molecule has 1 amide bonds. The van der Waals surface area contributed by atoms with Crippen LogP contribution in [0.3, 0.4) is 0 Å². The number of fused-ring (bicyclic) bond motifs is 1. The number of pyridine rings is 1. The van der Waals surface area contributed by atoms with Gasteiger partial charge in [0.15, 0.2) is 0 Å². The van der Waals surface area contributed by atoms with Crippen LogP contribution in [-0.2, 0) is 9.53 Å². The largest absolute Gasteiger partial charge is 0.379 e. The van der Waals surface area contributed by atoms with Crippen LogP contribution in [0.15, 0.2) is 89.8 Å². The average molecular weight is 540 g/mol. The van der Waals surface area contributed by atoms with Crippen molar-refractivity contribution < 1.29 is 9.53 Å². The number of amidine groups is 1. The summed E-state index contributed by atoms with van der Waals surface area (Å²) in [5, 5.41) is 10.9. The Labute approximate surface area is 230 Å². The van der Waals surface area contributed by atoms with Gasteiger partial charge >= 0.3 is 0 Å². The van der Waals surface area contributed by atoms with E-state index in [1.165, 1.54) is 0 Å². The predicted octanol–water partition coefficient (Wildman–Crippen LogP) is 3.48. The Morgan fingerprint density at radius 3 is 2.74 bits per heavy atom. The molecule has 0 spiro atoms. The van der Waals surface area contributed by atoms with Gasteiger partial charge in [-0.1, -0.05) is 42.5 Å². The molecule has 2 aromatic heterocycles. The molecular formula is C29H29N7O2S. The Hall–Kier alpha value is -3.96. The molecule has 1 atom stereocenters. The molecule has 2 aliphatic rings. The fourth-order valence-electron chi connectivity index (χ4n) is 4.58. The molecule has 198 valence electrons. The summed E-state index contributed by atoms with van der Waals surface area (Å²) < 4.78 is 6.45. The van der Waals surface area contributed by atoms with E-state index < -0.39 is 0 Å². The van der Waals surface area contributed by atoms with Crippen molar-refractivity contribution >= 4 is 39.0 Å². The monoisotopic (exact) mass is 539 g/mol. The van der Waals surface area contributed by atoms with Crippen molar-refractivity contribution in [3.63, 3.8) is 0 Å². The number of para-hydroxylation sites is 1. The highest BCUT2D eigenvalue weighted by molar-refractivity contribution is 7.21. The summed E-state index contributed by atoms with van der Waals surface area (Å²) in [7, 11) is 0. The van der Waals surface area contributed by atoms with E-state index >= 15 is 0 Å². The van der Waals surface area contributed by atoms with E-state index in [4.69, 9.17) is 14.7 Å². The molecular weight excluding hydrogens is 510 g/mol. The van der Waals surface area contributed by atoms with Crippen LogP contribution in [0.4, 0.5) is 5.69 Å². The SMILES string of the molecule is O=C(Nc1ccccc1-c1nc2ccncc2s1)C1=CC(NCCN2CCOCC2)NC(c2ccccc2)=N1. The molecule has 1 fully saturated rings. The molecule has 1 saturated heterocycles. The first kappa shape index (κ1) is 25.3. The van der Waals surface area contributed by atoms with Crippen LogP contribution in [0.5, 0.6) is 0 Å². The number of nitrogens with one attached hydrogen (secondary N) is 3. The standard InChI is InChI=1S/C29H29N7O2S/c37-28(33-22-9-5-4-8-21(22)29-34-23-10-11-30-19-25(23)39-29)24-18-26(31-12-13-36-14-16-38-17-15-36)35-27(32-24)20-6-2-1-3-7-20/h1-11,18-19,26,31H,12-17H2,(H,32,35)(H,33,37). The van der Waals surface area contributed by atoms with E-state index in [1.54, 1.807) is 17.5 Å². The fraction of sp³-hybridized carbons (Fsp3) is 0.241. The number of amides is 1. The Morgan fingerprint density at radius 1 is 1.08 bits per heavy atom. The molecule has 9 nitrogen and oxygen atoms in total. The third-order valence-corrected chi connectivity index (χ3v) is 7.66. The molecule has 0 saturated carbocycles. The highest BCUT2D eigenvalue weighted by Crippen LogP contribution is 2.34. The molecule has 10 heteroatoms. The van der Waals surface area contributed by atoms with Crippen molar-refractivity contribution in [2.75, 3.05) is 44.7 Å². The Balaban J connectivity index is 1.23. The minimum absolute atomic E-state index is 0.244. The van der Waals surface area contributed by atoms with Gasteiger partial charge in [0.25, 0.3) is 5.91 Å². The number of rotatable bonds is 8. The summed E-state index contributed by atoms with van der Waals surface area (Å²) in [5.41, 5.74) is 3.69. The van der Waals surface area contributed by atoms with Crippen LogP contribution in [0.2, 0.25) is 0 Å². The highest BCUT2D eigenvalue weighted by atomic mass is 32.1. The van der Waals surface area contributed by atoms with Crippen molar-refractivity contribution in [3.05, 3.63) is 90.4 Å². The number of ether oxygens (including phenoxy) is 1. The molecule has 2 aliphatic heterocycles. The molecule has 4 aromatic rings. The summed E-state index contributed by atoms with van der Waals surface area (Å²) in [4.78, 5) is 29.6. The number of nitrogens with zero attached hydrogens (tertiary/aromatic N) is 4. The van der Waals surface area contributed by atoms with Gasteiger partial charge in [-0.15, -0.1) is 11.3 Å². The van der Waals surface area contributed by atoms with Gasteiger partial charge in [-0.3, -0.25) is 20.0 Å². The quantitative estimate of drug-likeness (QED) is 0.315. The molecule has 0 bridgehead atoms. The molecule has 1 unspecified atom stereocenters. The van der Waals surface area contributed by atoms with Gasteiger partial charge in [-0.25, -0.2) is 9.98 Å². The Morgan fingerprint density at radius 2 is 1.90 bits per heavy atom. The highest BCUT2D eigenvalue weighted by Gasteiger charge is 2.22. The number of benzene rings is 2. The van der Waals surface area contributed by atoms with E-state index in [0.717, 1.165) is 65.7 Å². The Bertz CT molecular complexity index is 1480. The van der Waals surface area contributed by atoms with Gasteiger partial charge in [-0.2, -0.15) is 0 Å². The molecule has 3 N–H and O–H groups in total. The maximum atomic E-state index is 13.6. The smallest absolute Gasteiger partial charge is 0.274 e. The number of thiazole rings is 1. The maximum absolute atomic E-state index is 13.6. The lowest BCUT2D eigenvalue weighted by molar-refractivity contribution is -0.112. The number of hydrogen-bond donors (Lipinski definition) is 3. The summed E-state index contributed by atoms with van der Waals surface area (Å²) in [6.45, 7) is 5.08. The van der Waals surface area contributed by atoms with Crippen molar-refractivity contribution in [1.29, 1.82) is 0 Å². The van der Waals surface area contributed by atoms with Crippen molar-refractivity contribution in [2.24, 2.45) is 4.99 Å². The average Bonchev–Trinajstić information content (AvgIpc) is 3.43. The fourth-order valence-corrected chi connectivity index (χ4v) is 5.55. The zero-order valence-corrected chi connectivity index (χ0v) is 22.2. The van der Waals surface area contributed by atoms with Crippen LogP contribution >= 0.6 is 11.3 Å². The number of hydrogen-bond acceptors (Lipinski definition) is 9. The number of carbonyl (C=O) groups excluding carboxylic acids is 1. The molecule has 4 heterocycles. The van der Waals surface area contributed by atoms with E-state index in [1.807, 2.05) is 72.9 Å². The zero-order valence-electron chi connectivity index (χ0n) is 21.3. The van der Waals surface area contributed by atoms with Gasteiger partial charge in [0.1, 0.15) is 16.5 Å². The molecule has 0 aliphatic carbocycles. The van der Waals surface area contributed by atoms with E-state index in [9.17, 15) is 4.79 Å². The predicted molar refractivity (Wildman–Crippen MR) is 155 cm³/mol. The minimum atomic E-state index is -0.278. The van der Waals surface area contributed by atoms with Crippen LogP contribution in [0, 0.1) is 0 Å². The first-order chi connectivity index (χ1) is 19.2. The third kappa shape index (κ3) is 6.04. The number of aliphatic imine (C=N–C) groups is 1. The second kappa shape index (κ2) is 11.8. The Kier molecular flexibility index (Phi) is 7.68. The maximum Gasteiger partial charge on any atom is 0.274 e. The van der Waals surface area contributed by atoms with Gasteiger partial charge < -0.3 is 15.4 Å². The van der Waals surface area contributed by atoms with Gasteiger partial charge in [-0.05, 0) is 24.3 Å². The van der Waals surface area contributed by atoms with Gasteiger partial charge in [0.05, 0.1) is 35.3 Å². The number of carbonyl (C=O) groups is 1. The molecule has 2 aromatic carbocycles. The van der Waals surface area contributed by atoms with Crippen LogP contribution < -0.4 is 16.0 Å². The van der Waals surface area contributed by atoms with Gasteiger partial charge in [0, 0.05) is 49.7 Å². The summed E-state index contributed by atoms with van der Waals surface area (Å²) >= 11 is 1.55. The first-order valence-electron chi connectivity index (χ1n) is 13.0. The summed E-state index contributed by atoms with van der Waals surface area (Å²) in [6, 6.07) is 19.4. The summed E-state index contributed by atoms with van der Waals surface area (Å²) in [5.74, 6) is 0.374. The second-order valence-electron chi connectivity index (χ2n) is 9.27. The second-order valence-corrected chi connectivity index (χ2v) is 10.3. The summed E-state index contributed by atoms with van der Waals surface area (Å²) in [6.07, 6.45) is 5.14. The number of morpholine rings is 1. The topological polar surface area (TPSA) is 104 Å². The van der Waals surface area contributed by atoms with Crippen LogP contribution in [-0.4, -0.2) is 72.2 Å². The van der Waals surface area contributed by atoms with Crippen LogP contribution in [0.25, 0.3) is 20.8 Å². The zero-order chi connectivity index (χ0) is 26.4. The van der Waals surface area contributed by atoms with Crippen molar-refractivity contribution in [3.8, 4) is 10.6 Å². The van der Waals surface area contributed by atoms with Gasteiger partial charge in [0.2, 0.25) is 0 Å². The van der Waals surface area contributed by atoms with E-state index in [0.29, 0.717) is 17.2 Å². The minimum Gasteiger partial charge on any atom is -0.379 e. The first-order valence-corrected chi connectivity index (χ1v) is 13.8. The third-order valence-electron chi connectivity index (χ3n) is 6.62. The lowest BCUT2D eigenvalue weighted by atomic mass is 10.1. The van der Waals surface area contributed by atoms with Crippen LogP contribution in [0.1, 0.15) is 5.56 Å². The lowest BCUT2D eigenvalue weighted by Gasteiger charge is -2.28. The van der Waals surface area contributed by atoms with E-state index in [-0.39, 0.29) is 12.1 Å². The van der Waals surface area contributed by atoms with Crippen molar-refractivity contribution in [2.45, 2.75) is 6.17 Å². The molecule has 6 rings (SSSR count).